The average molecular weight is 373 g/mol. The minimum Gasteiger partial charge on any atom is -0.444 e. The van der Waals surface area contributed by atoms with Crippen molar-refractivity contribution in [1.29, 1.82) is 0 Å². The van der Waals surface area contributed by atoms with Crippen LogP contribution in [0.4, 0.5) is 4.79 Å². The number of thioether (sulfide) groups is 1. The normalized spacial score (nSPS) is 17.7. The Hall–Kier alpha value is -2.28. The molecule has 0 spiro atoms. The van der Waals surface area contributed by atoms with Crippen LogP contribution in [0.5, 0.6) is 11.6 Å². The Morgan fingerprint density at radius 2 is 2.12 bits per heavy atom. The topological polar surface area (TPSA) is 64.5 Å². The molecule has 0 radical (unpaired) electrons. The summed E-state index contributed by atoms with van der Waals surface area (Å²) >= 11 is 1.84. The van der Waals surface area contributed by atoms with E-state index in [0.29, 0.717) is 24.7 Å². The van der Waals surface area contributed by atoms with Crippen molar-refractivity contribution in [3.8, 4) is 11.6 Å². The summed E-state index contributed by atoms with van der Waals surface area (Å²) in [6.07, 6.45) is 1.35. The SMILES string of the molecule is CC(C)(C)OC(=O)N1CCS[C@@H](c2cccc(Oc3cccnn3)c2)C1. The van der Waals surface area contributed by atoms with Gasteiger partial charge >= 0.3 is 6.09 Å². The molecule has 1 aliphatic heterocycles. The van der Waals surface area contributed by atoms with Gasteiger partial charge in [0, 0.05) is 36.4 Å². The Morgan fingerprint density at radius 3 is 2.85 bits per heavy atom. The maximum Gasteiger partial charge on any atom is 0.410 e. The van der Waals surface area contributed by atoms with Crippen LogP contribution in [0.25, 0.3) is 0 Å². The van der Waals surface area contributed by atoms with E-state index < -0.39 is 5.60 Å². The Kier molecular flexibility index (Phi) is 5.66. The summed E-state index contributed by atoms with van der Waals surface area (Å²) in [7, 11) is 0. The molecule has 1 amide bonds. The van der Waals surface area contributed by atoms with Crippen LogP contribution in [-0.4, -0.2) is 45.6 Å². The molecular formula is C19H23N3O3S. The first kappa shape index (κ1) is 18.5. The van der Waals surface area contributed by atoms with E-state index >= 15 is 0 Å². The first-order valence-electron chi connectivity index (χ1n) is 8.56. The number of nitrogens with zero attached hydrogens (tertiary/aromatic N) is 3. The lowest BCUT2D eigenvalue weighted by Crippen LogP contribution is -2.42. The summed E-state index contributed by atoms with van der Waals surface area (Å²) in [5, 5.41) is 7.94. The number of hydrogen-bond donors (Lipinski definition) is 0. The molecule has 7 heteroatoms. The number of carbonyl (C=O) groups is 1. The number of hydrogen-bond acceptors (Lipinski definition) is 6. The molecule has 0 unspecified atom stereocenters. The van der Waals surface area contributed by atoms with Crippen LogP contribution in [0.3, 0.4) is 0 Å². The number of aromatic nitrogens is 2. The maximum atomic E-state index is 12.4. The van der Waals surface area contributed by atoms with Crippen molar-refractivity contribution < 1.29 is 14.3 Å². The van der Waals surface area contributed by atoms with E-state index in [1.165, 1.54) is 0 Å². The van der Waals surface area contributed by atoms with Gasteiger partial charge in [0.15, 0.2) is 0 Å². The van der Waals surface area contributed by atoms with Crippen LogP contribution in [-0.2, 0) is 4.74 Å². The molecule has 0 N–H and O–H groups in total. The molecule has 6 nitrogen and oxygen atoms in total. The van der Waals surface area contributed by atoms with Gasteiger partial charge in [-0.05, 0) is 44.5 Å². The summed E-state index contributed by atoms with van der Waals surface area (Å²) in [5.74, 6) is 2.04. The van der Waals surface area contributed by atoms with E-state index in [0.717, 1.165) is 11.3 Å². The van der Waals surface area contributed by atoms with Gasteiger partial charge < -0.3 is 14.4 Å². The Balaban J connectivity index is 1.68. The average Bonchev–Trinajstić information content (AvgIpc) is 2.61. The lowest BCUT2D eigenvalue weighted by atomic mass is 10.1. The molecule has 2 heterocycles. The van der Waals surface area contributed by atoms with Gasteiger partial charge in [-0.3, -0.25) is 0 Å². The van der Waals surface area contributed by atoms with Crippen LogP contribution in [0.2, 0.25) is 0 Å². The van der Waals surface area contributed by atoms with Gasteiger partial charge in [-0.1, -0.05) is 12.1 Å². The van der Waals surface area contributed by atoms with E-state index in [4.69, 9.17) is 9.47 Å². The zero-order chi connectivity index (χ0) is 18.6. The minimum absolute atomic E-state index is 0.182. The lowest BCUT2D eigenvalue weighted by Gasteiger charge is -2.34. The molecule has 1 aliphatic rings. The highest BCUT2D eigenvalue weighted by Gasteiger charge is 2.28. The number of benzene rings is 1. The van der Waals surface area contributed by atoms with Crippen molar-refractivity contribution in [2.45, 2.75) is 31.6 Å². The second-order valence-electron chi connectivity index (χ2n) is 7.02. The molecule has 2 aromatic rings. The fraction of sp³-hybridized carbons (Fsp3) is 0.421. The minimum atomic E-state index is -0.484. The predicted octanol–water partition coefficient (Wildman–Crippen LogP) is 4.29. The summed E-state index contributed by atoms with van der Waals surface area (Å²) in [4.78, 5) is 14.1. The highest BCUT2D eigenvalue weighted by Crippen LogP contribution is 2.35. The number of carbonyl (C=O) groups excluding carboxylic acids is 1. The molecule has 1 aromatic heterocycles. The molecule has 1 saturated heterocycles. The van der Waals surface area contributed by atoms with Crippen molar-refractivity contribution in [2.75, 3.05) is 18.8 Å². The zero-order valence-electron chi connectivity index (χ0n) is 15.2. The third kappa shape index (κ3) is 5.11. The van der Waals surface area contributed by atoms with Crippen LogP contribution in [0, 0.1) is 0 Å². The second-order valence-corrected chi connectivity index (χ2v) is 8.33. The van der Waals surface area contributed by atoms with Gasteiger partial charge in [-0.2, -0.15) is 16.9 Å². The number of amides is 1. The zero-order valence-corrected chi connectivity index (χ0v) is 16.0. The van der Waals surface area contributed by atoms with E-state index in [2.05, 4.69) is 16.3 Å². The highest BCUT2D eigenvalue weighted by atomic mass is 32.2. The van der Waals surface area contributed by atoms with E-state index in [9.17, 15) is 4.79 Å². The predicted molar refractivity (Wildman–Crippen MR) is 102 cm³/mol. The number of ether oxygens (including phenoxy) is 2. The first-order chi connectivity index (χ1) is 12.4. The van der Waals surface area contributed by atoms with Crippen molar-refractivity contribution in [3.63, 3.8) is 0 Å². The number of rotatable bonds is 3. The van der Waals surface area contributed by atoms with Crippen molar-refractivity contribution in [1.82, 2.24) is 15.1 Å². The van der Waals surface area contributed by atoms with Crippen LogP contribution < -0.4 is 4.74 Å². The monoisotopic (exact) mass is 373 g/mol. The lowest BCUT2D eigenvalue weighted by molar-refractivity contribution is 0.0257. The molecule has 1 fully saturated rings. The Bertz CT molecular complexity index is 749. The molecule has 26 heavy (non-hydrogen) atoms. The summed E-state index contributed by atoms with van der Waals surface area (Å²) in [6.45, 7) is 6.97. The molecular weight excluding hydrogens is 350 g/mol. The molecule has 138 valence electrons. The quantitative estimate of drug-likeness (QED) is 0.799. The van der Waals surface area contributed by atoms with Gasteiger partial charge in [0.25, 0.3) is 0 Å². The molecule has 0 aliphatic carbocycles. The summed E-state index contributed by atoms with van der Waals surface area (Å²) in [6, 6.07) is 11.4. The Labute approximate surface area is 157 Å². The molecule has 0 saturated carbocycles. The maximum absolute atomic E-state index is 12.4. The standard InChI is InChI=1S/C19H23N3O3S/c1-19(2,3)25-18(23)22-10-11-26-16(13-22)14-6-4-7-15(12-14)24-17-8-5-9-20-21-17/h4-9,12,16H,10-11,13H2,1-3H3/t16-/m1/s1. The van der Waals surface area contributed by atoms with Crippen LogP contribution in [0.15, 0.2) is 42.6 Å². The molecule has 1 aromatic carbocycles. The third-order valence-electron chi connectivity index (χ3n) is 3.72. The van der Waals surface area contributed by atoms with Crippen molar-refractivity contribution in [3.05, 3.63) is 48.2 Å². The highest BCUT2D eigenvalue weighted by molar-refractivity contribution is 7.99. The summed E-state index contributed by atoms with van der Waals surface area (Å²) < 4.78 is 11.3. The summed E-state index contributed by atoms with van der Waals surface area (Å²) in [5.41, 5.74) is 0.631. The third-order valence-corrected chi connectivity index (χ3v) is 4.96. The van der Waals surface area contributed by atoms with E-state index in [-0.39, 0.29) is 11.3 Å². The van der Waals surface area contributed by atoms with E-state index in [1.807, 2.05) is 50.7 Å². The van der Waals surface area contributed by atoms with Gasteiger partial charge in [0.05, 0.1) is 0 Å². The van der Waals surface area contributed by atoms with Crippen LogP contribution >= 0.6 is 11.8 Å². The van der Waals surface area contributed by atoms with Crippen molar-refractivity contribution in [2.24, 2.45) is 0 Å². The smallest absolute Gasteiger partial charge is 0.410 e. The largest absolute Gasteiger partial charge is 0.444 e. The molecule has 3 rings (SSSR count). The van der Waals surface area contributed by atoms with E-state index in [1.54, 1.807) is 23.2 Å². The van der Waals surface area contributed by atoms with Gasteiger partial charge in [0.1, 0.15) is 11.4 Å². The van der Waals surface area contributed by atoms with Gasteiger partial charge in [-0.25, -0.2) is 4.79 Å². The molecule has 0 bridgehead atoms. The second kappa shape index (κ2) is 7.95. The van der Waals surface area contributed by atoms with Gasteiger partial charge in [0.2, 0.25) is 5.88 Å². The first-order valence-corrected chi connectivity index (χ1v) is 9.61. The van der Waals surface area contributed by atoms with Crippen LogP contribution in [0.1, 0.15) is 31.6 Å². The van der Waals surface area contributed by atoms with Crippen molar-refractivity contribution >= 4 is 17.9 Å². The Morgan fingerprint density at radius 1 is 1.27 bits per heavy atom. The molecule has 1 atom stereocenters. The fourth-order valence-corrected chi connectivity index (χ4v) is 3.82. The fourth-order valence-electron chi connectivity index (χ4n) is 2.58. The van der Waals surface area contributed by atoms with Gasteiger partial charge in [-0.15, -0.1) is 5.10 Å².